The van der Waals surface area contributed by atoms with E-state index in [4.69, 9.17) is 16.3 Å². The second kappa shape index (κ2) is 6.36. The number of rotatable bonds is 5. The number of imidazole rings is 1. The van der Waals surface area contributed by atoms with Crippen LogP contribution >= 0.6 is 11.6 Å². The molecule has 0 aliphatic rings. The van der Waals surface area contributed by atoms with E-state index < -0.39 is 0 Å². The largest absolute Gasteiger partial charge is 0.375 e. The molecule has 0 bridgehead atoms. The lowest BCUT2D eigenvalue weighted by Crippen LogP contribution is -2.29. The fourth-order valence-electron chi connectivity index (χ4n) is 1.70. The molecule has 5 nitrogen and oxygen atoms in total. The maximum Gasteiger partial charge on any atom is 0.269 e. The summed E-state index contributed by atoms with van der Waals surface area (Å²) in [5, 5.41) is 3.41. The van der Waals surface area contributed by atoms with Crippen LogP contribution in [0.4, 0.5) is 0 Å². The fraction of sp³-hybridized carbons (Fsp3) is 0.231. The number of hydrogen-bond acceptors (Lipinski definition) is 3. The Morgan fingerprint density at radius 2 is 2.42 bits per heavy atom. The number of nitrogens with zero attached hydrogens (tertiary/aromatic N) is 1. The van der Waals surface area contributed by atoms with E-state index >= 15 is 0 Å². The average molecular weight is 280 g/mol. The monoisotopic (exact) mass is 279 g/mol. The van der Waals surface area contributed by atoms with Crippen LogP contribution < -0.4 is 5.32 Å². The summed E-state index contributed by atoms with van der Waals surface area (Å²) in [7, 11) is 1.59. The Morgan fingerprint density at radius 1 is 1.58 bits per heavy atom. The van der Waals surface area contributed by atoms with Gasteiger partial charge in [0.2, 0.25) is 0 Å². The fourth-order valence-corrected chi connectivity index (χ4v) is 1.90. The van der Waals surface area contributed by atoms with Crippen LogP contribution in [0.5, 0.6) is 0 Å². The van der Waals surface area contributed by atoms with Crippen molar-refractivity contribution < 1.29 is 9.53 Å². The average Bonchev–Trinajstić information content (AvgIpc) is 2.93. The summed E-state index contributed by atoms with van der Waals surface area (Å²) < 4.78 is 5.36. The molecule has 0 unspecified atom stereocenters. The van der Waals surface area contributed by atoms with E-state index in [9.17, 15) is 4.79 Å². The smallest absolute Gasteiger partial charge is 0.269 e. The first-order valence-corrected chi connectivity index (χ1v) is 6.13. The van der Waals surface area contributed by atoms with E-state index in [1.165, 1.54) is 12.5 Å². The third-order valence-electron chi connectivity index (χ3n) is 2.70. The lowest BCUT2D eigenvalue weighted by molar-refractivity contribution is 0.0824. The van der Waals surface area contributed by atoms with Crippen molar-refractivity contribution in [2.45, 2.75) is 6.10 Å². The number of H-pyrrole nitrogens is 1. The number of carbonyl (C=O) groups is 1. The van der Waals surface area contributed by atoms with Gasteiger partial charge in [-0.15, -0.1) is 0 Å². The highest BCUT2D eigenvalue weighted by molar-refractivity contribution is 6.30. The number of nitrogens with one attached hydrogen (secondary N) is 2. The van der Waals surface area contributed by atoms with E-state index in [2.05, 4.69) is 15.3 Å². The molecule has 1 aromatic heterocycles. The normalized spacial score (nSPS) is 12.1. The maximum absolute atomic E-state index is 11.8. The number of ether oxygens (including phenoxy) is 1. The van der Waals surface area contributed by atoms with Gasteiger partial charge in [0, 0.05) is 18.7 Å². The zero-order chi connectivity index (χ0) is 13.7. The molecule has 0 aliphatic heterocycles. The molecule has 0 radical (unpaired) electrons. The van der Waals surface area contributed by atoms with Gasteiger partial charge in [-0.05, 0) is 17.7 Å². The van der Waals surface area contributed by atoms with Gasteiger partial charge in [0.15, 0.2) is 0 Å². The molecular formula is C13H14ClN3O2. The number of aromatic nitrogens is 2. The van der Waals surface area contributed by atoms with E-state index in [0.717, 1.165) is 5.56 Å². The number of halogens is 1. The van der Waals surface area contributed by atoms with Crippen molar-refractivity contribution in [3.05, 3.63) is 53.1 Å². The van der Waals surface area contributed by atoms with Crippen molar-refractivity contribution in [1.82, 2.24) is 15.3 Å². The van der Waals surface area contributed by atoms with Crippen molar-refractivity contribution >= 4 is 17.5 Å². The zero-order valence-corrected chi connectivity index (χ0v) is 11.1. The van der Waals surface area contributed by atoms with Gasteiger partial charge >= 0.3 is 0 Å². The first-order valence-electron chi connectivity index (χ1n) is 5.75. The molecule has 0 saturated heterocycles. The number of amides is 1. The Balaban J connectivity index is 1.98. The highest BCUT2D eigenvalue weighted by atomic mass is 35.5. The van der Waals surface area contributed by atoms with Gasteiger partial charge in [0.1, 0.15) is 5.69 Å². The lowest BCUT2D eigenvalue weighted by Gasteiger charge is -2.16. The summed E-state index contributed by atoms with van der Waals surface area (Å²) in [5.74, 6) is -0.221. The highest BCUT2D eigenvalue weighted by Gasteiger charge is 2.13. The van der Waals surface area contributed by atoms with E-state index in [1.807, 2.05) is 18.2 Å². The third-order valence-corrected chi connectivity index (χ3v) is 2.93. The Morgan fingerprint density at radius 3 is 3.05 bits per heavy atom. The molecule has 19 heavy (non-hydrogen) atoms. The Hall–Kier alpha value is -1.85. The van der Waals surface area contributed by atoms with Gasteiger partial charge in [0.05, 0.1) is 18.6 Å². The van der Waals surface area contributed by atoms with Crippen LogP contribution in [0.2, 0.25) is 5.02 Å². The molecule has 6 heteroatoms. The maximum atomic E-state index is 11.8. The second-order valence-electron chi connectivity index (χ2n) is 3.95. The predicted octanol–water partition coefficient (Wildman–Crippen LogP) is 2.18. The van der Waals surface area contributed by atoms with E-state index in [0.29, 0.717) is 17.3 Å². The molecular weight excluding hydrogens is 266 g/mol. The first-order chi connectivity index (χ1) is 9.20. The minimum absolute atomic E-state index is 0.221. The molecule has 1 atom stereocenters. The van der Waals surface area contributed by atoms with Crippen LogP contribution in [0.15, 0.2) is 36.8 Å². The number of benzene rings is 1. The summed E-state index contributed by atoms with van der Waals surface area (Å²) >= 11 is 5.93. The van der Waals surface area contributed by atoms with Gasteiger partial charge < -0.3 is 15.0 Å². The first kappa shape index (κ1) is 13.6. The summed E-state index contributed by atoms with van der Waals surface area (Å²) in [4.78, 5) is 18.3. The molecule has 2 aromatic rings. The molecule has 0 aliphatic carbocycles. The SMILES string of the molecule is CO[C@@H](CNC(=O)c1cnc[nH]1)c1cccc(Cl)c1. The minimum Gasteiger partial charge on any atom is -0.375 e. The Bertz CT molecular complexity index is 543. The van der Waals surface area contributed by atoms with Crippen molar-refractivity contribution in [3.8, 4) is 0 Å². The molecule has 2 N–H and O–H groups in total. The summed E-state index contributed by atoms with van der Waals surface area (Å²) in [6, 6.07) is 7.36. The molecule has 0 saturated carbocycles. The number of carbonyl (C=O) groups excluding carboxylic acids is 1. The summed E-state index contributed by atoms with van der Waals surface area (Å²) in [6.45, 7) is 0.356. The van der Waals surface area contributed by atoms with Crippen LogP contribution in [-0.2, 0) is 4.74 Å². The van der Waals surface area contributed by atoms with Crippen LogP contribution in [0.3, 0.4) is 0 Å². The van der Waals surface area contributed by atoms with Crippen molar-refractivity contribution in [3.63, 3.8) is 0 Å². The standard InChI is InChI=1S/C13H14ClN3O2/c1-19-12(9-3-2-4-10(14)5-9)7-16-13(18)11-6-15-8-17-11/h2-6,8,12H,7H2,1H3,(H,15,17)(H,16,18)/t12-/m0/s1. The Labute approximate surface area is 116 Å². The third kappa shape index (κ3) is 3.56. The topological polar surface area (TPSA) is 67.0 Å². The molecule has 1 aromatic carbocycles. The molecule has 0 fully saturated rings. The molecule has 0 spiro atoms. The van der Waals surface area contributed by atoms with Gasteiger partial charge in [-0.2, -0.15) is 0 Å². The predicted molar refractivity (Wildman–Crippen MR) is 72.1 cm³/mol. The van der Waals surface area contributed by atoms with Crippen molar-refractivity contribution in [2.75, 3.05) is 13.7 Å². The Kier molecular flexibility index (Phi) is 4.54. The number of hydrogen-bond donors (Lipinski definition) is 2. The molecule has 100 valence electrons. The van der Waals surface area contributed by atoms with Crippen LogP contribution in [-0.4, -0.2) is 29.5 Å². The number of aromatic amines is 1. The second-order valence-corrected chi connectivity index (χ2v) is 4.39. The van der Waals surface area contributed by atoms with Gasteiger partial charge in [0.25, 0.3) is 5.91 Å². The van der Waals surface area contributed by atoms with Crippen LogP contribution in [0, 0.1) is 0 Å². The molecule has 1 amide bonds. The van der Waals surface area contributed by atoms with E-state index in [-0.39, 0.29) is 12.0 Å². The number of methoxy groups -OCH3 is 1. The lowest BCUT2D eigenvalue weighted by atomic mass is 10.1. The van der Waals surface area contributed by atoms with Crippen molar-refractivity contribution in [1.29, 1.82) is 0 Å². The summed E-state index contributed by atoms with van der Waals surface area (Å²) in [6.07, 6.45) is 2.68. The molecule has 2 rings (SSSR count). The van der Waals surface area contributed by atoms with Crippen LogP contribution in [0.25, 0.3) is 0 Å². The highest BCUT2D eigenvalue weighted by Crippen LogP contribution is 2.19. The van der Waals surface area contributed by atoms with Crippen molar-refractivity contribution in [2.24, 2.45) is 0 Å². The van der Waals surface area contributed by atoms with Crippen LogP contribution in [0.1, 0.15) is 22.2 Å². The summed E-state index contributed by atoms with van der Waals surface area (Å²) in [5.41, 5.74) is 1.33. The molecule has 1 heterocycles. The van der Waals surface area contributed by atoms with Gasteiger partial charge in [-0.25, -0.2) is 4.98 Å². The van der Waals surface area contributed by atoms with E-state index in [1.54, 1.807) is 13.2 Å². The minimum atomic E-state index is -0.245. The quantitative estimate of drug-likeness (QED) is 0.881. The van der Waals surface area contributed by atoms with Gasteiger partial charge in [-0.3, -0.25) is 4.79 Å². The zero-order valence-electron chi connectivity index (χ0n) is 10.4. The van der Waals surface area contributed by atoms with Gasteiger partial charge in [-0.1, -0.05) is 23.7 Å².